The topological polar surface area (TPSA) is 125 Å². The zero-order chi connectivity index (χ0) is 26.3. The SMILES string of the molecule is CC(C)(C)OC(=O)C=N[C@@](C)(C(=O)N1CCC[C@H]1C(=O)NCc1ccc(C#N)nc1)C1CCCCC1. The predicted molar refractivity (Wildman–Crippen MR) is 135 cm³/mol. The van der Waals surface area contributed by atoms with Gasteiger partial charge in [-0.3, -0.25) is 14.6 Å². The summed E-state index contributed by atoms with van der Waals surface area (Å²) < 4.78 is 5.37. The first-order valence-electron chi connectivity index (χ1n) is 12.8. The van der Waals surface area contributed by atoms with Crippen molar-refractivity contribution in [1.82, 2.24) is 15.2 Å². The molecule has 1 saturated heterocycles. The molecule has 1 N–H and O–H groups in total. The van der Waals surface area contributed by atoms with Crippen LogP contribution >= 0.6 is 0 Å². The van der Waals surface area contributed by atoms with Gasteiger partial charge in [0.1, 0.15) is 35.2 Å². The number of hydrogen-bond donors (Lipinski definition) is 1. The number of nitrogens with one attached hydrogen (secondary N) is 1. The summed E-state index contributed by atoms with van der Waals surface area (Å²) in [5.74, 6) is -1.03. The fourth-order valence-corrected chi connectivity index (χ4v) is 4.99. The van der Waals surface area contributed by atoms with Crippen molar-refractivity contribution in [3.8, 4) is 6.07 Å². The van der Waals surface area contributed by atoms with Crippen molar-refractivity contribution >= 4 is 24.0 Å². The molecule has 9 nitrogen and oxygen atoms in total. The molecule has 2 fully saturated rings. The summed E-state index contributed by atoms with van der Waals surface area (Å²) in [5.41, 5.74) is -0.715. The van der Waals surface area contributed by atoms with E-state index in [-0.39, 0.29) is 24.3 Å². The molecule has 0 bridgehead atoms. The molecule has 1 aliphatic carbocycles. The van der Waals surface area contributed by atoms with E-state index < -0.39 is 23.2 Å². The Morgan fingerprint density at radius 2 is 1.89 bits per heavy atom. The maximum atomic E-state index is 14.0. The van der Waals surface area contributed by atoms with Crippen LogP contribution in [-0.4, -0.2) is 57.6 Å². The molecule has 0 radical (unpaired) electrons. The highest BCUT2D eigenvalue weighted by atomic mass is 16.6. The largest absolute Gasteiger partial charge is 0.456 e. The minimum atomic E-state index is -1.14. The van der Waals surface area contributed by atoms with Gasteiger partial charge in [0.15, 0.2) is 0 Å². The third kappa shape index (κ3) is 6.90. The number of aromatic nitrogens is 1. The molecule has 1 aromatic rings. The van der Waals surface area contributed by atoms with Crippen LogP contribution in [0.4, 0.5) is 0 Å². The minimum absolute atomic E-state index is 0.00790. The number of carbonyl (C=O) groups is 3. The second-order valence-electron chi connectivity index (χ2n) is 10.8. The monoisotopic (exact) mass is 495 g/mol. The molecule has 2 amide bonds. The summed E-state index contributed by atoms with van der Waals surface area (Å²) >= 11 is 0. The Morgan fingerprint density at radius 3 is 2.50 bits per heavy atom. The molecule has 36 heavy (non-hydrogen) atoms. The van der Waals surface area contributed by atoms with Gasteiger partial charge >= 0.3 is 5.97 Å². The number of aliphatic imine (C=N–C) groups is 1. The average molecular weight is 496 g/mol. The van der Waals surface area contributed by atoms with E-state index >= 15 is 0 Å². The lowest BCUT2D eigenvalue weighted by atomic mass is 9.75. The number of pyridine rings is 1. The van der Waals surface area contributed by atoms with Gasteiger partial charge in [0.25, 0.3) is 5.91 Å². The third-order valence-corrected chi connectivity index (χ3v) is 6.90. The molecule has 1 aliphatic heterocycles. The quantitative estimate of drug-likeness (QED) is 0.457. The molecule has 2 heterocycles. The van der Waals surface area contributed by atoms with Crippen LogP contribution in [0.1, 0.15) is 83.9 Å². The van der Waals surface area contributed by atoms with E-state index in [9.17, 15) is 14.4 Å². The fourth-order valence-electron chi connectivity index (χ4n) is 4.99. The first kappa shape index (κ1) is 27.3. The number of nitriles is 1. The Morgan fingerprint density at radius 1 is 1.17 bits per heavy atom. The Hall–Kier alpha value is -3.28. The molecule has 2 atom stereocenters. The zero-order valence-electron chi connectivity index (χ0n) is 21.7. The first-order chi connectivity index (χ1) is 17.0. The second-order valence-corrected chi connectivity index (χ2v) is 10.8. The van der Waals surface area contributed by atoms with Crippen LogP contribution in [-0.2, 0) is 25.7 Å². The number of carbonyl (C=O) groups excluding carboxylic acids is 3. The molecular weight excluding hydrogens is 458 g/mol. The lowest BCUT2D eigenvalue weighted by Gasteiger charge is -2.39. The van der Waals surface area contributed by atoms with E-state index in [2.05, 4.69) is 15.3 Å². The van der Waals surface area contributed by atoms with Crippen molar-refractivity contribution in [2.24, 2.45) is 10.9 Å². The lowest BCUT2D eigenvalue weighted by Crippen LogP contribution is -2.55. The summed E-state index contributed by atoms with van der Waals surface area (Å²) in [6.45, 7) is 7.87. The van der Waals surface area contributed by atoms with Gasteiger partial charge in [-0.15, -0.1) is 0 Å². The first-order valence-corrected chi connectivity index (χ1v) is 12.8. The number of nitrogens with zero attached hydrogens (tertiary/aromatic N) is 4. The van der Waals surface area contributed by atoms with Gasteiger partial charge in [0, 0.05) is 19.3 Å². The van der Waals surface area contributed by atoms with Crippen molar-refractivity contribution in [1.29, 1.82) is 5.26 Å². The van der Waals surface area contributed by atoms with Crippen LogP contribution in [0.25, 0.3) is 0 Å². The summed E-state index contributed by atoms with van der Waals surface area (Å²) in [5, 5.41) is 11.8. The van der Waals surface area contributed by atoms with E-state index in [1.165, 1.54) is 0 Å². The molecule has 194 valence electrons. The molecule has 2 aliphatic rings. The maximum absolute atomic E-state index is 14.0. The van der Waals surface area contributed by atoms with Crippen LogP contribution in [0.15, 0.2) is 23.3 Å². The summed E-state index contributed by atoms with van der Waals surface area (Å²) in [4.78, 5) is 49.6. The number of ether oxygens (including phenoxy) is 1. The van der Waals surface area contributed by atoms with Gasteiger partial charge in [-0.25, -0.2) is 9.78 Å². The van der Waals surface area contributed by atoms with Crippen molar-refractivity contribution in [2.45, 2.75) is 96.4 Å². The molecule has 1 aromatic heterocycles. The van der Waals surface area contributed by atoms with Crippen molar-refractivity contribution < 1.29 is 19.1 Å². The zero-order valence-corrected chi connectivity index (χ0v) is 21.7. The van der Waals surface area contributed by atoms with Gasteiger partial charge < -0.3 is 15.0 Å². The number of esters is 1. The average Bonchev–Trinajstić information content (AvgIpc) is 3.35. The van der Waals surface area contributed by atoms with Crippen molar-refractivity contribution in [3.05, 3.63) is 29.6 Å². The van der Waals surface area contributed by atoms with E-state index in [1.54, 1.807) is 50.9 Å². The lowest BCUT2D eigenvalue weighted by molar-refractivity contribution is -0.146. The van der Waals surface area contributed by atoms with Crippen LogP contribution in [0.2, 0.25) is 0 Å². The Balaban J connectivity index is 1.75. The number of amides is 2. The van der Waals surface area contributed by atoms with Gasteiger partial charge in [-0.05, 0) is 70.9 Å². The van der Waals surface area contributed by atoms with Crippen LogP contribution in [0.3, 0.4) is 0 Å². The van der Waals surface area contributed by atoms with E-state index in [0.717, 1.165) is 50.3 Å². The highest BCUT2D eigenvalue weighted by molar-refractivity contribution is 6.23. The Kier molecular flexibility index (Phi) is 8.83. The third-order valence-electron chi connectivity index (χ3n) is 6.90. The van der Waals surface area contributed by atoms with Crippen molar-refractivity contribution in [2.75, 3.05) is 6.54 Å². The van der Waals surface area contributed by atoms with Gasteiger partial charge in [-0.1, -0.05) is 25.3 Å². The Labute approximate surface area is 213 Å². The number of hydrogen-bond acceptors (Lipinski definition) is 7. The van der Waals surface area contributed by atoms with E-state index in [1.807, 2.05) is 6.07 Å². The van der Waals surface area contributed by atoms with Crippen LogP contribution in [0, 0.1) is 17.2 Å². The van der Waals surface area contributed by atoms with Crippen LogP contribution < -0.4 is 5.32 Å². The Bertz CT molecular complexity index is 1020. The summed E-state index contributed by atoms with van der Waals surface area (Å²) in [6, 6.07) is 4.72. The standard InChI is InChI=1S/C27H37N5O4/c1-26(2,3)36-23(33)18-31-27(4,20-9-6-5-7-10-20)25(35)32-14-8-11-22(32)24(34)30-17-19-12-13-21(15-28)29-16-19/h12-13,16,18,20,22H,5-11,14,17H2,1-4H3,(H,30,34)/t22-,27+/m0/s1. The van der Waals surface area contributed by atoms with E-state index in [4.69, 9.17) is 10.00 Å². The number of likely N-dealkylation sites (tertiary alicyclic amines) is 1. The number of rotatable bonds is 7. The van der Waals surface area contributed by atoms with E-state index in [0.29, 0.717) is 18.7 Å². The molecule has 3 rings (SSSR count). The molecule has 9 heteroatoms. The molecular formula is C27H37N5O4. The maximum Gasteiger partial charge on any atom is 0.349 e. The molecule has 0 spiro atoms. The van der Waals surface area contributed by atoms with Gasteiger partial charge in [-0.2, -0.15) is 5.26 Å². The molecule has 0 unspecified atom stereocenters. The fraction of sp³-hybridized carbons (Fsp3) is 0.630. The smallest absolute Gasteiger partial charge is 0.349 e. The second kappa shape index (κ2) is 11.6. The highest BCUT2D eigenvalue weighted by Crippen LogP contribution is 2.38. The van der Waals surface area contributed by atoms with Crippen LogP contribution in [0.5, 0.6) is 0 Å². The predicted octanol–water partition coefficient (Wildman–Crippen LogP) is 3.31. The highest BCUT2D eigenvalue weighted by Gasteiger charge is 2.47. The minimum Gasteiger partial charge on any atom is -0.456 e. The normalized spacial score (nSPS) is 20.5. The van der Waals surface area contributed by atoms with Crippen molar-refractivity contribution in [3.63, 3.8) is 0 Å². The van der Waals surface area contributed by atoms with Gasteiger partial charge in [0.2, 0.25) is 5.91 Å². The van der Waals surface area contributed by atoms with Gasteiger partial charge in [0.05, 0.1) is 0 Å². The summed E-state index contributed by atoms with van der Waals surface area (Å²) in [6.07, 6.45) is 8.83. The molecule has 0 aromatic carbocycles. The summed E-state index contributed by atoms with van der Waals surface area (Å²) in [7, 11) is 0. The molecule has 1 saturated carbocycles.